The van der Waals surface area contributed by atoms with E-state index >= 15 is 0 Å². The molecule has 166 valence electrons. The number of aromatic nitrogens is 2. The molecule has 7 rings (SSSR count). The summed E-state index contributed by atoms with van der Waals surface area (Å²) in [5, 5.41) is 43.4. The summed E-state index contributed by atoms with van der Waals surface area (Å²) in [6, 6.07) is 14.8. The van der Waals surface area contributed by atoms with E-state index in [1.807, 2.05) is 43.3 Å². The van der Waals surface area contributed by atoms with Gasteiger partial charge in [-0.25, -0.2) is 0 Å². The van der Waals surface area contributed by atoms with Crippen LogP contribution in [-0.4, -0.2) is 29.6 Å². The fourth-order valence-electron chi connectivity index (χ4n) is 5.06. The van der Waals surface area contributed by atoms with Crippen molar-refractivity contribution in [1.29, 1.82) is 0 Å². The van der Waals surface area contributed by atoms with Gasteiger partial charge in [0.25, 0.3) is 0 Å². The van der Waals surface area contributed by atoms with Crippen molar-refractivity contribution >= 4 is 0 Å². The van der Waals surface area contributed by atoms with Gasteiger partial charge in [0.2, 0.25) is 11.8 Å². The Labute approximate surface area is 189 Å². The summed E-state index contributed by atoms with van der Waals surface area (Å²) in [6.07, 6.45) is 3.77. The average Bonchev–Trinajstić information content (AvgIpc) is 3.24. The number of hydrogen-bond donors (Lipinski definition) is 4. The third-order valence-corrected chi connectivity index (χ3v) is 6.69. The van der Waals surface area contributed by atoms with Crippen LogP contribution in [-0.2, 0) is 7.05 Å². The van der Waals surface area contributed by atoms with Crippen LogP contribution in [0.1, 0.15) is 39.7 Å². The van der Waals surface area contributed by atoms with E-state index in [4.69, 9.17) is 4.74 Å². The molecule has 0 spiro atoms. The van der Waals surface area contributed by atoms with Crippen molar-refractivity contribution in [2.24, 2.45) is 7.05 Å². The van der Waals surface area contributed by atoms with Gasteiger partial charge in [0, 0.05) is 41.1 Å². The lowest BCUT2D eigenvalue weighted by atomic mass is 9.70. The third-order valence-electron chi connectivity index (χ3n) is 6.69. The van der Waals surface area contributed by atoms with Gasteiger partial charge in [0.15, 0.2) is 11.8 Å². The number of benzene rings is 2. The number of hydrogen-bond acceptors (Lipinski definition) is 5. The van der Waals surface area contributed by atoms with E-state index in [2.05, 4.69) is 0 Å². The number of aromatic hydroxyl groups is 4. The summed E-state index contributed by atoms with van der Waals surface area (Å²) in [7, 11) is 1.58. The Morgan fingerprint density at radius 1 is 0.636 bits per heavy atom. The first kappa shape index (κ1) is 19.4. The van der Waals surface area contributed by atoms with Crippen LogP contribution in [0.4, 0.5) is 0 Å². The van der Waals surface area contributed by atoms with E-state index in [9.17, 15) is 20.4 Å². The summed E-state index contributed by atoms with van der Waals surface area (Å²) < 4.78 is 8.58. The molecular weight excluding hydrogens is 420 g/mol. The Bertz CT molecular complexity index is 1380. The molecule has 0 amide bonds. The lowest BCUT2D eigenvalue weighted by Gasteiger charge is -2.31. The monoisotopic (exact) mass is 442 g/mol. The van der Waals surface area contributed by atoms with Crippen LogP contribution in [0.25, 0.3) is 5.69 Å². The van der Waals surface area contributed by atoms with Crippen LogP contribution >= 0.6 is 0 Å². The average molecular weight is 442 g/mol. The summed E-state index contributed by atoms with van der Waals surface area (Å²) in [6.45, 7) is 2.01. The largest absolute Gasteiger partial charge is 0.494 e. The second-order valence-corrected chi connectivity index (χ2v) is 8.59. The fourth-order valence-corrected chi connectivity index (χ4v) is 5.06. The summed E-state index contributed by atoms with van der Waals surface area (Å²) >= 11 is 0. The first-order valence-electron chi connectivity index (χ1n) is 10.7. The molecule has 3 aliphatic carbocycles. The number of nitrogens with zero attached hydrogens (tertiary/aromatic N) is 2. The highest BCUT2D eigenvalue weighted by Gasteiger charge is 2.46. The zero-order chi connectivity index (χ0) is 23.0. The van der Waals surface area contributed by atoms with Crippen molar-refractivity contribution in [3.8, 4) is 40.7 Å². The molecular formula is C26H22N2O5. The summed E-state index contributed by atoms with van der Waals surface area (Å²) in [5.74, 6) is 0.129. The van der Waals surface area contributed by atoms with E-state index in [1.54, 1.807) is 31.3 Å². The van der Waals surface area contributed by atoms with E-state index in [0.29, 0.717) is 33.7 Å². The quantitative estimate of drug-likeness (QED) is 0.339. The van der Waals surface area contributed by atoms with E-state index in [1.165, 1.54) is 9.13 Å². The molecule has 4 N–H and O–H groups in total. The van der Waals surface area contributed by atoms with E-state index < -0.39 is 11.8 Å². The first-order chi connectivity index (χ1) is 15.9. The zero-order valence-corrected chi connectivity index (χ0v) is 18.0. The molecule has 2 atom stereocenters. The molecule has 0 fully saturated rings. The standard InChI is InChI=1S/C26H22N2O5/c1-13-3-7-15(8-4-13)33-16-9-5-14(6-10-16)28-25(31)21-17-11-12-18(22(21)26(28)32)20-19(17)23(29)27(2)24(20)30/h3-12,17-18,29-32H,1-2H3. The maximum absolute atomic E-state index is 11.1. The molecule has 3 aliphatic rings. The van der Waals surface area contributed by atoms with Crippen molar-refractivity contribution in [3.05, 3.63) is 88.5 Å². The second-order valence-electron chi connectivity index (χ2n) is 8.59. The minimum absolute atomic E-state index is 0.0447. The SMILES string of the molecule is Cc1ccc(Oc2ccc(-n3c(O)c4c(c3O)C3C=CC4c4c3c(O)n(C)c4O)cc2)cc1. The molecule has 0 saturated heterocycles. The minimum Gasteiger partial charge on any atom is -0.494 e. The van der Waals surface area contributed by atoms with Gasteiger partial charge in [-0.3, -0.25) is 9.13 Å². The Balaban J connectivity index is 1.40. The predicted octanol–water partition coefficient (Wildman–Crippen LogP) is 4.89. The van der Waals surface area contributed by atoms with Crippen LogP contribution in [0.5, 0.6) is 35.0 Å². The van der Waals surface area contributed by atoms with Gasteiger partial charge in [-0.05, 0) is 43.3 Å². The second kappa shape index (κ2) is 6.62. The van der Waals surface area contributed by atoms with Crippen molar-refractivity contribution in [3.63, 3.8) is 0 Å². The number of rotatable bonds is 3. The molecule has 0 saturated carbocycles. The van der Waals surface area contributed by atoms with Crippen LogP contribution in [0.15, 0.2) is 60.7 Å². The van der Waals surface area contributed by atoms with Crippen LogP contribution in [0.2, 0.25) is 0 Å². The maximum Gasteiger partial charge on any atom is 0.203 e. The Morgan fingerprint density at radius 3 is 1.55 bits per heavy atom. The van der Waals surface area contributed by atoms with Crippen LogP contribution < -0.4 is 4.74 Å². The molecule has 2 aromatic heterocycles. The molecule has 2 bridgehead atoms. The van der Waals surface area contributed by atoms with Gasteiger partial charge >= 0.3 is 0 Å². The zero-order valence-electron chi connectivity index (χ0n) is 18.0. The predicted molar refractivity (Wildman–Crippen MR) is 122 cm³/mol. The van der Waals surface area contributed by atoms with Gasteiger partial charge in [-0.15, -0.1) is 0 Å². The number of ether oxygens (including phenoxy) is 1. The number of aryl methyl sites for hydroxylation is 1. The lowest BCUT2D eigenvalue weighted by molar-refractivity contribution is 0.383. The van der Waals surface area contributed by atoms with Gasteiger partial charge < -0.3 is 25.2 Å². The highest BCUT2D eigenvalue weighted by Crippen LogP contribution is 2.60. The van der Waals surface area contributed by atoms with Gasteiger partial charge in [-0.1, -0.05) is 29.8 Å². The molecule has 0 radical (unpaired) electrons. The molecule has 7 nitrogen and oxygen atoms in total. The molecule has 0 aliphatic heterocycles. The summed E-state index contributed by atoms with van der Waals surface area (Å²) in [4.78, 5) is 0. The van der Waals surface area contributed by atoms with Crippen LogP contribution in [0, 0.1) is 6.92 Å². The molecule has 33 heavy (non-hydrogen) atoms. The smallest absolute Gasteiger partial charge is 0.203 e. The Hall–Kier alpha value is -4.26. The van der Waals surface area contributed by atoms with Crippen molar-refractivity contribution in [2.75, 3.05) is 0 Å². The maximum atomic E-state index is 11.1. The fraction of sp³-hybridized carbons (Fsp3) is 0.154. The Kier molecular flexibility index (Phi) is 3.90. The minimum atomic E-state index is -0.469. The third kappa shape index (κ3) is 2.56. The van der Waals surface area contributed by atoms with Crippen LogP contribution in [0.3, 0.4) is 0 Å². The normalized spacial score (nSPS) is 17.8. The van der Waals surface area contributed by atoms with Crippen molar-refractivity contribution < 1.29 is 25.2 Å². The van der Waals surface area contributed by atoms with Gasteiger partial charge in [0.1, 0.15) is 11.5 Å². The molecule has 4 aromatic rings. The van der Waals surface area contributed by atoms with E-state index in [0.717, 1.165) is 11.3 Å². The first-order valence-corrected chi connectivity index (χ1v) is 10.7. The number of allylic oxidation sites excluding steroid dienone is 2. The Morgan fingerprint density at radius 2 is 1.06 bits per heavy atom. The molecule has 2 heterocycles. The highest BCUT2D eigenvalue weighted by atomic mass is 16.5. The molecule has 2 unspecified atom stereocenters. The topological polar surface area (TPSA) is 100 Å². The molecule has 7 heteroatoms. The van der Waals surface area contributed by atoms with Crippen molar-refractivity contribution in [1.82, 2.24) is 9.13 Å². The lowest BCUT2D eigenvalue weighted by Crippen LogP contribution is -2.17. The molecule has 2 aromatic carbocycles. The summed E-state index contributed by atoms with van der Waals surface area (Å²) in [5.41, 5.74) is 3.90. The van der Waals surface area contributed by atoms with E-state index in [-0.39, 0.29) is 23.5 Å². The van der Waals surface area contributed by atoms with Crippen molar-refractivity contribution in [2.45, 2.75) is 18.8 Å². The highest BCUT2D eigenvalue weighted by molar-refractivity contribution is 5.72. The van der Waals surface area contributed by atoms with Gasteiger partial charge in [0.05, 0.1) is 5.69 Å². The van der Waals surface area contributed by atoms with Gasteiger partial charge in [-0.2, -0.15) is 0 Å².